The lowest BCUT2D eigenvalue weighted by molar-refractivity contribution is 0.0636. The Kier molecular flexibility index (Phi) is 3.29. The Labute approximate surface area is 89.7 Å². The predicted octanol–water partition coefficient (Wildman–Crippen LogP) is 2.74. The Bertz CT molecular complexity index is 356. The SMILES string of the molecule is Cc1cc(NC(=O)OC(C)(C)C)ccn1. The number of anilines is 1. The van der Waals surface area contributed by atoms with Gasteiger partial charge in [-0.3, -0.25) is 10.3 Å². The number of pyridine rings is 1. The number of amides is 1. The maximum absolute atomic E-state index is 11.4. The predicted molar refractivity (Wildman–Crippen MR) is 58.8 cm³/mol. The van der Waals surface area contributed by atoms with Crippen molar-refractivity contribution in [1.82, 2.24) is 4.98 Å². The highest BCUT2D eigenvalue weighted by molar-refractivity contribution is 5.84. The van der Waals surface area contributed by atoms with Crippen molar-refractivity contribution in [1.29, 1.82) is 0 Å². The quantitative estimate of drug-likeness (QED) is 0.772. The topological polar surface area (TPSA) is 51.2 Å². The first-order valence-corrected chi connectivity index (χ1v) is 4.79. The second kappa shape index (κ2) is 4.29. The van der Waals surface area contributed by atoms with Crippen LogP contribution >= 0.6 is 0 Å². The van der Waals surface area contributed by atoms with Crippen molar-refractivity contribution >= 4 is 11.8 Å². The molecule has 1 rings (SSSR count). The average molecular weight is 208 g/mol. The second-order valence-corrected chi connectivity index (χ2v) is 4.31. The van der Waals surface area contributed by atoms with E-state index >= 15 is 0 Å². The number of hydrogen-bond donors (Lipinski definition) is 1. The zero-order chi connectivity index (χ0) is 11.5. The van der Waals surface area contributed by atoms with E-state index in [4.69, 9.17) is 4.74 Å². The van der Waals surface area contributed by atoms with Crippen LogP contribution in [0.2, 0.25) is 0 Å². The lowest BCUT2D eigenvalue weighted by atomic mass is 10.2. The van der Waals surface area contributed by atoms with Gasteiger partial charge in [0.05, 0.1) is 0 Å². The van der Waals surface area contributed by atoms with Crippen molar-refractivity contribution in [3.63, 3.8) is 0 Å². The molecule has 4 nitrogen and oxygen atoms in total. The molecule has 1 heterocycles. The van der Waals surface area contributed by atoms with Crippen LogP contribution < -0.4 is 5.32 Å². The third-order valence-corrected chi connectivity index (χ3v) is 1.54. The summed E-state index contributed by atoms with van der Waals surface area (Å²) in [6.07, 6.45) is 1.19. The number of hydrogen-bond acceptors (Lipinski definition) is 3. The number of ether oxygens (including phenoxy) is 1. The van der Waals surface area contributed by atoms with Crippen LogP contribution in [0, 0.1) is 6.92 Å². The highest BCUT2D eigenvalue weighted by atomic mass is 16.6. The van der Waals surface area contributed by atoms with E-state index in [9.17, 15) is 4.79 Å². The van der Waals surface area contributed by atoms with Crippen molar-refractivity contribution in [2.45, 2.75) is 33.3 Å². The molecule has 0 aliphatic rings. The van der Waals surface area contributed by atoms with Gasteiger partial charge in [0.2, 0.25) is 0 Å². The number of nitrogens with zero attached hydrogens (tertiary/aromatic N) is 1. The van der Waals surface area contributed by atoms with E-state index in [0.717, 1.165) is 5.69 Å². The standard InChI is InChI=1S/C11H16N2O2/c1-8-7-9(5-6-12-8)13-10(14)15-11(2,3)4/h5-7H,1-4H3,(H,12,13,14). The minimum Gasteiger partial charge on any atom is -0.444 e. The van der Waals surface area contributed by atoms with Gasteiger partial charge in [-0.2, -0.15) is 0 Å². The van der Waals surface area contributed by atoms with Gasteiger partial charge in [-0.25, -0.2) is 4.79 Å². The number of nitrogens with one attached hydrogen (secondary N) is 1. The zero-order valence-electron chi connectivity index (χ0n) is 9.50. The molecule has 0 aliphatic carbocycles. The summed E-state index contributed by atoms with van der Waals surface area (Å²) < 4.78 is 5.11. The van der Waals surface area contributed by atoms with Crippen molar-refractivity contribution in [3.8, 4) is 0 Å². The fourth-order valence-electron chi connectivity index (χ4n) is 1.04. The summed E-state index contributed by atoms with van der Waals surface area (Å²) in [4.78, 5) is 15.4. The minimum atomic E-state index is -0.480. The molecule has 0 atom stereocenters. The molecule has 0 saturated carbocycles. The molecular formula is C11H16N2O2. The molecule has 1 amide bonds. The molecule has 0 spiro atoms. The van der Waals surface area contributed by atoms with E-state index in [-0.39, 0.29) is 0 Å². The summed E-state index contributed by atoms with van der Waals surface area (Å²) in [5.41, 5.74) is 1.06. The number of aromatic nitrogens is 1. The lowest BCUT2D eigenvalue weighted by Gasteiger charge is -2.19. The first-order valence-electron chi connectivity index (χ1n) is 4.79. The molecule has 1 aromatic heterocycles. The molecule has 0 aromatic carbocycles. The molecule has 0 fully saturated rings. The molecule has 82 valence electrons. The summed E-state index contributed by atoms with van der Waals surface area (Å²) in [6, 6.07) is 3.50. The Hall–Kier alpha value is -1.58. The smallest absolute Gasteiger partial charge is 0.412 e. The fraction of sp³-hybridized carbons (Fsp3) is 0.455. The molecule has 0 unspecified atom stereocenters. The van der Waals surface area contributed by atoms with E-state index in [1.165, 1.54) is 0 Å². The first-order chi connectivity index (χ1) is 6.87. The summed E-state index contributed by atoms with van der Waals surface area (Å²) in [6.45, 7) is 7.33. The highest BCUT2D eigenvalue weighted by Crippen LogP contribution is 2.11. The normalized spacial score (nSPS) is 10.9. The summed E-state index contributed by atoms with van der Waals surface area (Å²) in [5, 5.41) is 2.64. The number of carbonyl (C=O) groups excluding carboxylic acids is 1. The van der Waals surface area contributed by atoms with Crippen LogP contribution in [0.3, 0.4) is 0 Å². The molecule has 15 heavy (non-hydrogen) atoms. The van der Waals surface area contributed by atoms with E-state index in [1.54, 1.807) is 18.3 Å². The Morgan fingerprint density at radius 2 is 2.13 bits per heavy atom. The molecule has 0 radical (unpaired) electrons. The average Bonchev–Trinajstić information content (AvgIpc) is 1.99. The number of rotatable bonds is 1. The van der Waals surface area contributed by atoms with Crippen LogP contribution in [0.5, 0.6) is 0 Å². The van der Waals surface area contributed by atoms with Crippen molar-refractivity contribution in [3.05, 3.63) is 24.0 Å². The van der Waals surface area contributed by atoms with Crippen molar-refractivity contribution < 1.29 is 9.53 Å². The Morgan fingerprint density at radius 1 is 1.47 bits per heavy atom. The monoisotopic (exact) mass is 208 g/mol. The van der Waals surface area contributed by atoms with Crippen LogP contribution in [0.15, 0.2) is 18.3 Å². The summed E-state index contributed by atoms with van der Waals surface area (Å²) in [7, 11) is 0. The van der Waals surface area contributed by atoms with Gasteiger partial charge in [-0.1, -0.05) is 0 Å². The van der Waals surface area contributed by atoms with E-state index in [1.807, 2.05) is 27.7 Å². The Morgan fingerprint density at radius 3 is 2.67 bits per heavy atom. The molecule has 0 bridgehead atoms. The maximum atomic E-state index is 11.4. The third kappa shape index (κ3) is 4.44. The van der Waals surface area contributed by atoms with Gasteiger partial charge in [-0.15, -0.1) is 0 Å². The number of carbonyl (C=O) groups is 1. The molecule has 0 aliphatic heterocycles. The largest absolute Gasteiger partial charge is 0.444 e. The van der Waals surface area contributed by atoms with E-state index < -0.39 is 11.7 Å². The molecule has 1 aromatic rings. The van der Waals surface area contributed by atoms with Crippen LogP contribution in [-0.2, 0) is 4.74 Å². The summed E-state index contributed by atoms with van der Waals surface area (Å²) >= 11 is 0. The lowest BCUT2D eigenvalue weighted by Crippen LogP contribution is -2.27. The second-order valence-electron chi connectivity index (χ2n) is 4.31. The molecule has 0 saturated heterocycles. The molecular weight excluding hydrogens is 192 g/mol. The van der Waals surface area contributed by atoms with E-state index in [2.05, 4.69) is 10.3 Å². The maximum Gasteiger partial charge on any atom is 0.412 e. The van der Waals surface area contributed by atoms with Gasteiger partial charge in [0.1, 0.15) is 5.60 Å². The number of aryl methyl sites for hydroxylation is 1. The molecule has 4 heteroatoms. The zero-order valence-corrected chi connectivity index (χ0v) is 9.50. The van der Waals surface area contributed by atoms with Crippen molar-refractivity contribution in [2.75, 3.05) is 5.32 Å². The van der Waals surface area contributed by atoms with Gasteiger partial charge >= 0.3 is 6.09 Å². The highest BCUT2D eigenvalue weighted by Gasteiger charge is 2.15. The fourth-order valence-corrected chi connectivity index (χ4v) is 1.04. The van der Waals surface area contributed by atoms with Gasteiger partial charge in [0.25, 0.3) is 0 Å². The third-order valence-electron chi connectivity index (χ3n) is 1.54. The van der Waals surface area contributed by atoms with Gasteiger partial charge in [-0.05, 0) is 39.8 Å². The minimum absolute atomic E-state index is 0.451. The van der Waals surface area contributed by atoms with Crippen LogP contribution in [0.1, 0.15) is 26.5 Å². The molecule has 1 N–H and O–H groups in total. The van der Waals surface area contributed by atoms with Crippen molar-refractivity contribution in [2.24, 2.45) is 0 Å². The van der Waals surface area contributed by atoms with Gasteiger partial charge in [0.15, 0.2) is 0 Å². The van der Waals surface area contributed by atoms with Gasteiger partial charge < -0.3 is 4.74 Å². The van der Waals surface area contributed by atoms with E-state index in [0.29, 0.717) is 5.69 Å². The van der Waals surface area contributed by atoms with Gasteiger partial charge in [0, 0.05) is 17.6 Å². The van der Waals surface area contributed by atoms with Crippen LogP contribution in [0.25, 0.3) is 0 Å². The van der Waals surface area contributed by atoms with Crippen LogP contribution in [0.4, 0.5) is 10.5 Å². The first kappa shape index (κ1) is 11.5. The summed E-state index contributed by atoms with van der Waals surface area (Å²) in [5.74, 6) is 0. The van der Waals surface area contributed by atoms with Crippen LogP contribution in [-0.4, -0.2) is 16.7 Å². The Balaban J connectivity index is 2.59.